The number of nitrogens with zero attached hydrogens (tertiary/aromatic N) is 2. The zero-order chi connectivity index (χ0) is 38.1. The first-order valence-corrected chi connectivity index (χ1v) is 18.8. The molecule has 0 saturated heterocycles. The molecule has 2 aliphatic heterocycles. The van der Waals surface area contributed by atoms with Crippen molar-refractivity contribution < 1.29 is 19.2 Å². The number of hydrogen-bond donors (Lipinski definition) is 0. The number of amides is 2. The summed E-state index contributed by atoms with van der Waals surface area (Å²) in [6.07, 6.45) is 0.839. The molecule has 4 aromatic rings. The summed E-state index contributed by atoms with van der Waals surface area (Å²) in [6.45, 7) is 14.8. The molecule has 0 aromatic heterocycles. The molecule has 6 nitrogen and oxygen atoms in total. The quantitative estimate of drug-likeness (QED) is 0.194. The van der Waals surface area contributed by atoms with Gasteiger partial charge in [0, 0.05) is 42.9 Å². The molecule has 2 aliphatic rings. The largest absolute Gasteiger partial charge is 0.295 e. The number of rotatable bonds is 6. The third kappa shape index (κ3) is 7.55. The molecular formula is C44H44Br2N2O4. The van der Waals surface area contributed by atoms with Crippen molar-refractivity contribution in [3.05, 3.63) is 151 Å². The Kier molecular flexibility index (Phi) is 11.4. The fourth-order valence-corrected chi connectivity index (χ4v) is 7.57. The highest BCUT2D eigenvalue weighted by Gasteiger charge is 2.46. The summed E-state index contributed by atoms with van der Waals surface area (Å²) in [5.74, 6) is 0.00301. The number of allylic oxidation sites excluding steroid dienone is 4. The predicted octanol–water partition coefficient (Wildman–Crippen LogP) is 10.6. The molecule has 0 N–H and O–H groups in total. The van der Waals surface area contributed by atoms with Gasteiger partial charge in [0.25, 0.3) is 0 Å². The van der Waals surface area contributed by atoms with Gasteiger partial charge in [-0.2, -0.15) is 0 Å². The molecular weight excluding hydrogens is 780 g/mol. The summed E-state index contributed by atoms with van der Waals surface area (Å²) in [5.41, 5.74) is 6.98. The second-order valence-corrected chi connectivity index (χ2v) is 16.1. The number of benzene rings is 4. The number of carbonyl (C=O) groups excluding carboxylic acids is 4. The van der Waals surface area contributed by atoms with E-state index in [1.807, 2.05) is 139 Å². The SMILES string of the molecule is CC(=O)C1=C(C)N(c2ccc(Br)cc2)C(=O)[C@@](C)(c2ccc(C)cc2)C1.CC(=O)C1=C(C)N(c2ccc(Br)cc2)C(=O)[C@](C)(c2ccc(C)cc2)C1. The van der Waals surface area contributed by atoms with Crippen LogP contribution >= 0.6 is 31.9 Å². The second kappa shape index (κ2) is 15.3. The summed E-state index contributed by atoms with van der Waals surface area (Å²) >= 11 is 6.86. The van der Waals surface area contributed by atoms with E-state index < -0.39 is 10.8 Å². The molecule has 52 heavy (non-hydrogen) atoms. The van der Waals surface area contributed by atoms with Gasteiger partial charge in [-0.25, -0.2) is 0 Å². The molecule has 0 bridgehead atoms. The van der Waals surface area contributed by atoms with E-state index in [2.05, 4.69) is 31.9 Å². The van der Waals surface area contributed by atoms with E-state index in [0.29, 0.717) is 24.0 Å². The van der Waals surface area contributed by atoms with Crippen molar-refractivity contribution in [3.63, 3.8) is 0 Å². The van der Waals surface area contributed by atoms with E-state index in [0.717, 1.165) is 54.0 Å². The van der Waals surface area contributed by atoms with Gasteiger partial charge in [0.1, 0.15) is 0 Å². The predicted molar refractivity (Wildman–Crippen MR) is 216 cm³/mol. The molecule has 0 fully saturated rings. The van der Waals surface area contributed by atoms with Crippen LogP contribution in [0.4, 0.5) is 11.4 Å². The monoisotopic (exact) mass is 822 g/mol. The third-order valence-electron chi connectivity index (χ3n) is 10.4. The molecule has 2 heterocycles. The average molecular weight is 825 g/mol. The Morgan fingerprint density at radius 2 is 0.808 bits per heavy atom. The molecule has 2 amide bonds. The summed E-state index contributed by atoms with van der Waals surface area (Å²) < 4.78 is 1.89. The Labute approximate surface area is 323 Å². The van der Waals surface area contributed by atoms with Crippen LogP contribution in [0.3, 0.4) is 0 Å². The van der Waals surface area contributed by atoms with Gasteiger partial charge in [0.15, 0.2) is 11.6 Å². The average Bonchev–Trinajstić information content (AvgIpc) is 3.10. The molecule has 0 aliphatic carbocycles. The fraction of sp³-hybridized carbons (Fsp3) is 0.273. The smallest absolute Gasteiger partial charge is 0.241 e. The fourth-order valence-electron chi connectivity index (χ4n) is 7.04. The van der Waals surface area contributed by atoms with Crippen molar-refractivity contribution in [2.75, 3.05) is 9.80 Å². The second-order valence-electron chi connectivity index (χ2n) is 14.2. The first-order valence-electron chi connectivity index (χ1n) is 17.2. The van der Waals surface area contributed by atoms with E-state index in [1.165, 1.54) is 0 Å². The minimum Gasteiger partial charge on any atom is -0.295 e. The standard InChI is InChI=1S/2C22H22BrNO2/c2*1-14-5-7-17(8-6-14)22(4)13-20(16(3)25)15(2)24(21(22)26)19-11-9-18(23)10-12-19/h2*5-12H,13H2,1-4H3/t2*22-/m10/s1. The van der Waals surface area contributed by atoms with Crippen LogP contribution in [-0.4, -0.2) is 23.4 Å². The van der Waals surface area contributed by atoms with Gasteiger partial charge < -0.3 is 0 Å². The Morgan fingerprint density at radius 1 is 0.519 bits per heavy atom. The Balaban J connectivity index is 0.000000201. The maximum absolute atomic E-state index is 13.6. The van der Waals surface area contributed by atoms with Crippen molar-refractivity contribution >= 4 is 66.6 Å². The molecule has 8 heteroatoms. The molecule has 2 atom stereocenters. The van der Waals surface area contributed by atoms with Crippen LogP contribution in [0.5, 0.6) is 0 Å². The minimum atomic E-state index is -0.777. The van der Waals surface area contributed by atoms with Gasteiger partial charge in [0.2, 0.25) is 11.8 Å². The Morgan fingerprint density at radius 3 is 1.08 bits per heavy atom. The first-order chi connectivity index (χ1) is 24.5. The van der Waals surface area contributed by atoms with Crippen molar-refractivity contribution in [2.24, 2.45) is 0 Å². The highest BCUT2D eigenvalue weighted by atomic mass is 79.9. The van der Waals surface area contributed by atoms with Gasteiger partial charge in [0.05, 0.1) is 10.8 Å². The number of carbonyl (C=O) groups is 4. The van der Waals surface area contributed by atoms with Gasteiger partial charge >= 0.3 is 0 Å². The topological polar surface area (TPSA) is 74.8 Å². The Hall–Kier alpha value is -4.40. The Bertz CT molecular complexity index is 1950. The molecule has 0 spiro atoms. The van der Waals surface area contributed by atoms with Crippen LogP contribution in [-0.2, 0) is 30.0 Å². The van der Waals surface area contributed by atoms with Crippen molar-refractivity contribution in [2.45, 2.75) is 79.1 Å². The zero-order valence-electron chi connectivity index (χ0n) is 30.9. The lowest BCUT2D eigenvalue weighted by molar-refractivity contribution is -0.125. The lowest BCUT2D eigenvalue weighted by Gasteiger charge is -2.41. The number of anilines is 2. The van der Waals surface area contributed by atoms with E-state index in [9.17, 15) is 19.2 Å². The highest BCUT2D eigenvalue weighted by Crippen LogP contribution is 2.43. The first kappa shape index (κ1) is 38.8. The van der Waals surface area contributed by atoms with Crippen LogP contribution in [0, 0.1) is 13.8 Å². The van der Waals surface area contributed by atoms with E-state index in [1.54, 1.807) is 23.6 Å². The van der Waals surface area contributed by atoms with Crippen LogP contribution in [0.15, 0.2) is 129 Å². The minimum absolute atomic E-state index is 0.00817. The number of hydrogen-bond acceptors (Lipinski definition) is 4. The molecule has 0 saturated carbocycles. The van der Waals surface area contributed by atoms with Crippen molar-refractivity contribution in [1.29, 1.82) is 0 Å². The number of halogens is 2. The lowest BCUT2D eigenvalue weighted by atomic mass is 9.72. The van der Waals surface area contributed by atoms with Gasteiger partial charge in [-0.05, 0) is 128 Å². The molecule has 268 valence electrons. The normalized spacial score (nSPS) is 20.5. The number of Topliss-reactive ketones (excluding diaryl/α,β-unsaturated/α-hetero) is 2. The van der Waals surface area contributed by atoms with Gasteiger partial charge in [-0.3, -0.25) is 29.0 Å². The van der Waals surface area contributed by atoms with Crippen molar-refractivity contribution in [3.8, 4) is 0 Å². The van der Waals surface area contributed by atoms with Crippen LogP contribution in [0.25, 0.3) is 0 Å². The summed E-state index contributed by atoms with van der Waals surface area (Å²) in [6, 6.07) is 31.2. The summed E-state index contributed by atoms with van der Waals surface area (Å²) in [4.78, 5) is 55.1. The number of aryl methyl sites for hydroxylation is 2. The molecule has 4 aromatic carbocycles. The zero-order valence-corrected chi connectivity index (χ0v) is 34.1. The van der Waals surface area contributed by atoms with E-state index in [4.69, 9.17) is 0 Å². The molecule has 6 rings (SSSR count). The maximum atomic E-state index is 13.6. The van der Waals surface area contributed by atoms with E-state index in [-0.39, 0.29) is 23.4 Å². The summed E-state index contributed by atoms with van der Waals surface area (Å²) in [5, 5.41) is 0. The summed E-state index contributed by atoms with van der Waals surface area (Å²) in [7, 11) is 0. The highest BCUT2D eigenvalue weighted by molar-refractivity contribution is 9.10. The van der Waals surface area contributed by atoms with Gasteiger partial charge in [-0.1, -0.05) is 91.5 Å². The van der Waals surface area contributed by atoms with Crippen LogP contribution in [0.1, 0.15) is 76.6 Å². The third-order valence-corrected chi connectivity index (χ3v) is 11.4. The lowest BCUT2D eigenvalue weighted by Crippen LogP contribution is -2.49. The maximum Gasteiger partial charge on any atom is 0.241 e. The van der Waals surface area contributed by atoms with Crippen molar-refractivity contribution in [1.82, 2.24) is 0 Å². The van der Waals surface area contributed by atoms with Crippen LogP contribution < -0.4 is 9.80 Å². The molecule has 0 radical (unpaired) electrons. The van der Waals surface area contributed by atoms with Gasteiger partial charge in [-0.15, -0.1) is 0 Å². The van der Waals surface area contributed by atoms with E-state index >= 15 is 0 Å². The molecule has 0 unspecified atom stereocenters. The number of ketones is 2. The van der Waals surface area contributed by atoms with Crippen LogP contribution in [0.2, 0.25) is 0 Å².